The molecular weight excluding hydrogens is 266 g/mol. The molecule has 1 amide bonds. The summed E-state index contributed by atoms with van der Waals surface area (Å²) >= 11 is 0. The van der Waals surface area contributed by atoms with E-state index in [1.54, 1.807) is 13.4 Å². The first-order valence-electron chi connectivity index (χ1n) is 7.19. The Morgan fingerprint density at radius 3 is 2.67 bits per heavy atom. The molecule has 2 heterocycles. The molecule has 0 bridgehead atoms. The number of methoxy groups -OCH3 is 1. The van der Waals surface area contributed by atoms with Gasteiger partial charge in [-0.15, -0.1) is 0 Å². The SMILES string of the molecule is COc1ccc([C@H]2CCCN2C(=O)c2occc2C)cc1. The van der Waals surface area contributed by atoms with Gasteiger partial charge in [0.15, 0.2) is 5.76 Å². The van der Waals surface area contributed by atoms with Crippen LogP contribution in [0.2, 0.25) is 0 Å². The van der Waals surface area contributed by atoms with Crippen molar-refractivity contribution < 1.29 is 13.9 Å². The zero-order valence-corrected chi connectivity index (χ0v) is 12.3. The van der Waals surface area contributed by atoms with Gasteiger partial charge in [-0.2, -0.15) is 0 Å². The van der Waals surface area contributed by atoms with Crippen LogP contribution in [0.4, 0.5) is 0 Å². The second-order valence-corrected chi connectivity index (χ2v) is 5.36. The molecule has 0 N–H and O–H groups in total. The third kappa shape index (κ3) is 2.53. The molecule has 1 fully saturated rings. The molecule has 1 saturated heterocycles. The van der Waals surface area contributed by atoms with Gasteiger partial charge >= 0.3 is 0 Å². The number of carbonyl (C=O) groups is 1. The second kappa shape index (κ2) is 5.64. The first kappa shape index (κ1) is 13.7. The van der Waals surface area contributed by atoms with Crippen LogP contribution in [0, 0.1) is 6.92 Å². The smallest absolute Gasteiger partial charge is 0.290 e. The number of likely N-dealkylation sites (tertiary alicyclic amines) is 1. The molecule has 1 aromatic carbocycles. The normalized spacial score (nSPS) is 18.0. The van der Waals surface area contributed by atoms with Gasteiger partial charge in [0, 0.05) is 12.1 Å². The van der Waals surface area contributed by atoms with E-state index in [0.717, 1.165) is 36.3 Å². The fourth-order valence-electron chi connectivity index (χ4n) is 2.90. The van der Waals surface area contributed by atoms with Crippen molar-refractivity contribution in [1.29, 1.82) is 0 Å². The molecular formula is C17H19NO3. The highest BCUT2D eigenvalue weighted by Gasteiger charge is 2.32. The number of furan rings is 1. The van der Waals surface area contributed by atoms with Gasteiger partial charge in [-0.25, -0.2) is 0 Å². The lowest BCUT2D eigenvalue weighted by atomic mass is 10.0. The molecule has 1 aliphatic heterocycles. The highest BCUT2D eigenvalue weighted by molar-refractivity contribution is 5.93. The largest absolute Gasteiger partial charge is 0.497 e. The van der Waals surface area contributed by atoms with Crippen molar-refractivity contribution in [2.75, 3.05) is 13.7 Å². The van der Waals surface area contributed by atoms with Crippen LogP contribution in [-0.4, -0.2) is 24.5 Å². The lowest BCUT2D eigenvalue weighted by Crippen LogP contribution is -2.30. The predicted molar refractivity (Wildman–Crippen MR) is 79.5 cm³/mol. The van der Waals surface area contributed by atoms with E-state index in [-0.39, 0.29) is 11.9 Å². The molecule has 0 spiro atoms. The van der Waals surface area contributed by atoms with Gasteiger partial charge in [0.25, 0.3) is 5.91 Å². The number of carbonyl (C=O) groups excluding carboxylic acids is 1. The Labute approximate surface area is 124 Å². The molecule has 0 saturated carbocycles. The van der Waals surface area contributed by atoms with Gasteiger partial charge in [0.1, 0.15) is 5.75 Å². The summed E-state index contributed by atoms with van der Waals surface area (Å²) in [5.74, 6) is 1.27. The van der Waals surface area contributed by atoms with Gasteiger partial charge in [-0.05, 0) is 43.5 Å². The lowest BCUT2D eigenvalue weighted by molar-refractivity contribution is 0.0702. The molecule has 0 aliphatic carbocycles. The third-order valence-corrected chi connectivity index (χ3v) is 4.07. The van der Waals surface area contributed by atoms with Crippen molar-refractivity contribution in [2.45, 2.75) is 25.8 Å². The van der Waals surface area contributed by atoms with E-state index >= 15 is 0 Å². The molecule has 0 radical (unpaired) electrons. The van der Waals surface area contributed by atoms with Gasteiger partial charge in [0.2, 0.25) is 0 Å². The molecule has 4 heteroatoms. The molecule has 1 aliphatic rings. The Balaban J connectivity index is 1.85. The van der Waals surface area contributed by atoms with Crippen LogP contribution < -0.4 is 4.74 Å². The number of aryl methyl sites for hydroxylation is 1. The predicted octanol–water partition coefficient (Wildman–Crippen LogP) is 3.57. The van der Waals surface area contributed by atoms with Gasteiger partial charge in [0.05, 0.1) is 19.4 Å². The van der Waals surface area contributed by atoms with Crippen molar-refractivity contribution in [3.8, 4) is 5.75 Å². The fourth-order valence-corrected chi connectivity index (χ4v) is 2.90. The summed E-state index contributed by atoms with van der Waals surface area (Å²) in [5, 5.41) is 0. The summed E-state index contributed by atoms with van der Waals surface area (Å²) in [7, 11) is 1.65. The molecule has 1 atom stereocenters. The Morgan fingerprint density at radius 2 is 2.05 bits per heavy atom. The molecule has 2 aromatic rings. The first-order valence-corrected chi connectivity index (χ1v) is 7.19. The average Bonchev–Trinajstić information content (AvgIpc) is 3.15. The van der Waals surface area contributed by atoms with E-state index in [2.05, 4.69) is 0 Å². The fraction of sp³-hybridized carbons (Fsp3) is 0.353. The topological polar surface area (TPSA) is 42.7 Å². The van der Waals surface area contributed by atoms with Gasteiger partial charge in [-0.1, -0.05) is 12.1 Å². The van der Waals surface area contributed by atoms with E-state index in [9.17, 15) is 4.79 Å². The molecule has 1 aromatic heterocycles. The van der Waals surface area contributed by atoms with Crippen LogP contribution in [0.3, 0.4) is 0 Å². The van der Waals surface area contributed by atoms with Crippen LogP contribution in [0.5, 0.6) is 5.75 Å². The summed E-state index contributed by atoms with van der Waals surface area (Å²) in [6.45, 7) is 2.67. The van der Waals surface area contributed by atoms with E-state index < -0.39 is 0 Å². The lowest BCUT2D eigenvalue weighted by Gasteiger charge is -2.24. The molecule has 3 rings (SSSR count). The summed E-state index contributed by atoms with van der Waals surface area (Å²) in [4.78, 5) is 14.6. The minimum absolute atomic E-state index is 0.0178. The monoisotopic (exact) mass is 285 g/mol. The average molecular weight is 285 g/mol. The number of nitrogens with zero attached hydrogens (tertiary/aromatic N) is 1. The maximum atomic E-state index is 12.6. The molecule has 4 nitrogen and oxygen atoms in total. The van der Waals surface area contributed by atoms with Crippen LogP contribution in [0.25, 0.3) is 0 Å². The quantitative estimate of drug-likeness (QED) is 0.865. The van der Waals surface area contributed by atoms with Crippen molar-refractivity contribution in [3.63, 3.8) is 0 Å². The number of benzene rings is 1. The number of hydrogen-bond donors (Lipinski definition) is 0. The van der Waals surface area contributed by atoms with E-state index in [1.807, 2.05) is 42.2 Å². The number of ether oxygens (including phenoxy) is 1. The molecule has 0 unspecified atom stereocenters. The standard InChI is InChI=1S/C17H19NO3/c1-12-9-11-21-16(12)17(19)18-10-3-4-15(18)13-5-7-14(20-2)8-6-13/h5-9,11,15H,3-4,10H2,1-2H3/t15-/m1/s1. The van der Waals surface area contributed by atoms with Crippen molar-refractivity contribution >= 4 is 5.91 Å². The van der Waals surface area contributed by atoms with Crippen LogP contribution in [0.1, 0.15) is 40.6 Å². The highest BCUT2D eigenvalue weighted by atomic mass is 16.5. The van der Waals surface area contributed by atoms with E-state index in [0.29, 0.717) is 5.76 Å². The Kier molecular flexibility index (Phi) is 3.69. The first-order chi connectivity index (χ1) is 10.2. The Bertz CT molecular complexity index is 630. The summed E-state index contributed by atoms with van der Waals surface area (Å²) in [6.07, 6.45) is 3.57. The maximum Gasteiger partial charge on any atom is 0.290 e. The highest BCUT2D eigenvalue weighted by Crippen LogP contribution is 2.34. The molecule has 110 valence electrons. The van der Waals surface area contributed by atoms with Crippen molar-refractivity contribution in [2.24, 2.45) is 0 Å². The Hall–Kier alpha value is -2.23. The Morgan fingerprint density at radius 1 is 1.29 bits per heavy atom. The summed E-state index contributed by atoms with van der Waals surface area (Å²) < 4.78 is 10.5. The van der Waals surface area contributed by atoms with Crippen LogP contribution in [0.15, 0.2) is 41.0 Å². The van der Waals surface area contributed by atoms with Crippen LogP contribution in [-0.2, 0) is 0 Å². The molecule has 21 heavy (non-hydrogen) atoms. The second-order valence-electron chi connectivity index (χ2n) is 5.36. The minimum atomic E-state index is -0.0178. The zero-order chi connectivity index (χ0) is 14.8. The summed E-state index contributed by atoms with van der Waals surface area (Å²) in [5.41, 5.74) is 2.03. The number of amides is 1. The minimum Gasteiger partial charge on any atom is -0.497 e. The third-order valence-electron chi connectivity index (χ3n) is 4.07. The van der Waals surface area contributed by atoms with E-state index in [4.69, 9.17) is 9.15 Å². The van der Waals surface area contributed by atoms with Gasteiger partial charge < -0.3 is 14.1 Å². The number of hydrogen-bond acceptors (Lipinski definition) is 3. The number of rotatable bonds is 3. The van der Waals surface area contributed by atoms with Crippen molar-refractivity contribution in [1.82, 2.24) is 4.90 Å². The summed E-state index contributed by atoms with van der Waals surface area (Å²) in [6, 6.07) is 9.89. The zero-order valence-electron chi connectivity index (χ0n) is 12.3. The maximum absolute atomic E-state index is 12.6. The van der Waals surface area contributed by atoms with Gasteiger partial charge in [-0.3, -0.25) is 4.79 Å². The van der Waals surface area contributed by atoms with E-state index in [1.165, 1.54) is 0 Å². The van der Waals surface area contributed by atoms with Crippen LogP contribution >= 0.6 is 0 Å². The van der Waals surface area contributed by atoms with Crippen molar-refractivity contribution in [3.05, 3.63) is 53.5 Å².